The van der Waals surface area contributed by atoms with E-state index in [0.29, 0.717) is 63.1 Å². The standard InChI is InChI=1S/C39H46ClFN9O4P/c1-54-34-23-28(10-11-32(34)44-38-42-24-30(40)37(46-38)43-33-6-4-5-7-35(33)55(2,3)53)48-15-12-27(13-16-48)49-20-18-47(19-21-49)25-26-8-9-29(22-31(26)41)50-17-14-36(51)45-39(50)52/h4-11,22-24,27H,12-21,25H2,1-3H3,(H,45,51,52)(H2,42,43,44,46). The number of benzene rings is 3. The largest absolute Gasteiger partial charge is 0.494 e. The third-order valence-corrected chi connectivity index (χ3v) is 12.3. The Morgan fingerprint density at radius 1 is 0.927 bits per heavy atom. The van der Waals surface area contributed by atoms with Gasteiger partial charge in [-0.2, -0.15) is 4.98 Å². The lowest BCUT2D eigenvalue weighted by Gasteiger charge is -2.43. The quantitative estimate of drug-likeness (QED) is 0.149. The monoisotopic (exact) mass is 789 g/mol. The Kier molecular flexibility index (Phi) is 11.6. The summed E-state index contributed by atoms with van der Waals surface area (Å²) in [5.41, 5.74) is 3.52. The van der Waals surface area contributed by atoms with E-state index in [1.165, 1.54) is 17.2 Å². The highest BCUT2D eigenvalue weighted by molar-refractivity contribution is 7.70. The summed E-state index contributed by atoms with van der Waals surface area (Å²) in [6.45, 7) is 9.60. The second-order valence-electron chi connectivity index (χ2n) is 14.5. The Hall–Kier alpha value is -4.75. The number of hydrogen-bond donors (Lipinski definition) is 3. The van der Waals surface area contributed by atoms with E-state index in [-0.39, 0.29) is 24.7 Å². The highest BCUT2D eigenvalue weighted by atomic mass is 35.5. The molecule has 0 radical (unpaired) electrons. The van der Waals surface area contributed by atoms with Crippen molar-refractivity contribution < 1.29 is 23.3 Å². The Labute approximate surface area is 325 Å². The fraction of sp³-hybridized carbons (Fsp3) is 0.385. The van der Waals surface area contributed by atoms with Crippen molar-refractivity contribution in [3.05, 3.63) is 83.3 Å². The average molecular weight is 790 g/mol. The van der Waals surface area contributed by atoms with Crippen molar-refractivity contribution in [3.8, 4) is 5.75 Å². The van der Waals surface area contributed by atoms with Crippen LogP contribution in [0, 0.1) is 5.82 Å². The second kappa shape index (κ2) is 16.5. The van der Waals surface area contributed by atoms with E-state index in [2.05, 4.69) is 46.7 Å². The van der Waals surface area contributed by atoms with Crippen LogP contribution >= 0.6 is 18.7 Å². The molecule has 0 saturated carbocycles. The molecule has 0 atom stereocenters. The summed E-state index contributed by atoms with van der Waals surface area (Å²) in [6, 6.07) is 18.3. The molecule has 3 aliphatic heterocycles. The van der Waals surface area contributed by atoms with Crippen molar-refractivity contribution in [1.29, 1.82) is 0 Å². The number of rotatable bonds is 11. The third kappa shape index (κ3) is 9.05. The molecule has 4 aromatic rings. The highest BCUT2D eigenvalue weighted by Crippen LogP contribution is 2.39. The van der Waals surface area contributed by atoms with Gasteiger partial charge >= 0.3 is 6.03 Å². The van der Waals surface area contributed by atoms with Gasteiger partial charge < -0.3 is 24.8 Å². The van der Waals surface area contributed by atoms with Gasteiger partial charge in [-0.3, -0.25) is 24.8 Å². The molecule has 3 fully saturated rings. The number of piperidine rings is 1. The maximum absolute atomic E-state index is 15.1. The summed E-state index contributed by atoms with van der Waals surface area (Å²) in [6.07, 6.45) is 3.80. The van der Waals surface area contributed by atoms with Crippen LogP contribution in [-0.2, 0) is 15.9 Å². The number of carbonyl (C=O) groups excluding carboxylic acids is 2. The zero-order valence-corrected chi connectivity index (χ0v) is 32.9. The molecule has 290 valence electrons. The molecule has 4 heterocycles. The van der Waals surface area contributed by atoms with Crippen molar-refractivity contribution in [2.75, 3.05) is 86.7 Å². The fourth-order valence-corrected chi connectivity index (χ4v) is 8.75. The number of nitrogens with one attached hydrogen (secondary N) is 3. The molecule has 0 spiro atoms. The van der Waals surface area contributed by atoms with E-state index in [1.54, 1.807) is 32.6 Å². The van der Waals surface area contributed by atoms with Crippen LogP contribution in [-0.4, -0.2) is 104 Å². The second-order valence-corrected chi connectivity index (χ2v) is 18.0. The average Bonchev–Trinajstić information content (AvgIpc) is 3.17. The molecule has 0 unspecified atom stereocenters. The van der Waals surface area contributed by atoms with Crippen molar-refractivity contribution >= 4 is 70.5 Å². The first-order chi connectivity index (χ1) is 26.4. The molecule has 16 heteroatoms. The van der Waals surface area contributed by atoms with Crippen molar-refractivity contribution in [1.82, 2.24) is 25.1 Å². The molecule has 7 rings (SSSR count). The van der Waals surface area contributed by atoms with E-state index in [0.717, 1.165) is 57.8 Å². The summed E-state index contributed by atoms with van der Waals surface area (Å²) in [4.78, 5) is 41.3. The Morgan fingerprint density at radius 2 is 1.67 bits per heavy atom. The summed E-state index contributed by atoms with van der Waals surface area (Å²) in [5.74, 6) is 0.726. The minimum absolute atomic E-state index is 0.197. The lowest BCUT2D eigenvalue weighted by Crippen LogP contribution is -2.53. The Morgan fingerprint density at radius 3 is 2.38 bits per heavy atom. The first-order valence-corrected chi connectivity index (χ1v) is 21.4. The fourth-order valence-electron chi connectivity index (χ4n) is 7.45. The molecule has 1 aromatic heterocycles. The SMILES string of the molecule is COc1cc(N2CCC(N3CCN(Cc4ccc(N5CCC(=O)NC5=O)cc4F)CC3)CC2)ccc1Nc1ncc(Cl)c(Nc2ccccc2P(C)(C)=O)n1. The number of hydrogen-bond acceptors (Lipinski definition) is 11. The summed E-state index contributed by atoms with van der Waals surface area (Å²) in [5, 5.41) is 9.83. The summed E-state index contributed by atoms with van der Waals surface area (Å²) >= 11 is 6.46. The van der Waals surface area contributed by atoms with E-state index >= 15 is 4.39 Å². The highest BCUT2D eigenvalue weighted by Gasteiger charge is 2.29. The number of amides is 3. The maximum atomic E-state index is 15.1. The Bertz CT molecular complexity index is 2100. The van der Waals surface area contributed by atoms with E-state index in [4.69, 9.17) is 16.3 Å². The van der Waals surface area contributed by atoms with Crippen LogP contribution in [0.5, 0.6) is 5.75 Å². The van der Waals surface area contributed by atoms with Gasteiger partial charge in [-0.1, -0.05) is 29.8 Å². The topological polar surface area (TPSA) is 135 Å². The Balaban J connectivity index is 0.910. The predicted octanol–water partition coefficient (Wildman–Crippen LogP) is 6.25. The number of aromatic nitrogens is 2. The van der Waals surface area contributed by atoms with Crippen LogP contribution in [0.2, 0.25) is 5.02 Å². The number of urea groups is 1. The van der Waals surface area contributed by atoms with Crippen LogP contribution in [0.15, 0.2) is 66.9 Å². The van der Waals surface area contributed by atoms with Gasteiger partial charge in [-0.25, -0.2) is 14.2 Å². The maximum Gasteiger partial charge on any atom is 0.328 e. The lowest BCUT2D eigenvalue weighted by atomic mass is 10.0. The van der Waals surface area contributed by atoms with Crippen molar-refractivity contribution in [3.63, 3.8) is 0 Å². The van der Waals surface area contributed by atoms with Gasteiger partial charge in [0.25, 0.3) is 0 Å². The van der Waals surface area contributed by atoms with Crippen LogP contribution < -0.4 is 35.8 Å². The number of methoxy groups -OCH3 is 1. The van der Waals surface area contributed by atoms with Gasteiger partial charge in [0.05, 0.1) is 24.7 Å². The predicted molar refractivity (Wildman–Crippen MR) is 216 cm³/mol. The molecule has 0 aliphatic carbocycles. The van der Waals surface area contributed by atoms with Gasteiger partial charge in [0, 0.05) is 93.1 Å². The summed E-state index contributed by atoms with van der Waals surface area (Å²) < 4.78 is 33.8. The molecule has 3 aromatic carbocycles. The van der Waals surface area contributed by atoms with E-state index in [1.807, 2.05) is 36.4 Å². The third-order valence-electron chi connectivity index (χ3n) is 10.5. The van der Waals surface area contributed by atoms with E-state index < -0.39 is 13.2 Å². The van der Waals surface area contributed by atoms with Crippen molar-refractivity contribution in [2.24, 2.45) is 0 Å². The number of para-hydroxylation sites is 1. The van der Waals surface area contributed by atoms with E-state index in [9.17, 15) is 14.2 Å². The number of anilines is 6. The number of halogens is 2. The van der Waals surface area contributed by atoms with Gasteiger partial charge in [0.15, 0.2) is 5.82 Å². The van der Waals surface area contributed by atoms with Gasteiger partial charge in [0.2, 0.25) is 11.9 Å². The number of ether oxygens (including phenoxy) is 1. The molecular weight excluding hydrogens is 744 g/mol. The van der Waals surface area contributed by atoms with Gasteiger partial charge in [-0.15, -0.1) is 0 Å². The zero-order valence-electron chi connectivity index (χ0n) is 31.2. The molecule has 3 N–H and O–H groups in total. The molecule has 13 nitrogen and oxygen atoms in total. The van der Waals surface area contributed by atoms with Crippen LogP contribution in [0.25, 0.3) is 0 Å². The smallest absolute Gasteiger partial charge is 0.328 e. The first kappa shape index (κ1) is 38.5. The number of carbonyl (C=O) groups is 2. The number of nitrogens with zero attached hydrogens (tertiary/aromatic N) is 6. The van der Waals surface area contributed by atoms with Gasteiger partial charge in [0.1, 0.15) is 23.7 Å². The number of imide groups is 1. The van der Waals surface area contributed by atoms with Crippen molar-refractivity contribution in [2.45, 2.75) is 31.8 Å². The van der Waals surface area contributed by atoms with Crippen LogP contribution in [0.4, 0.5) is 43.7 Å². The minimum atomic E-state index is -2.55. The first-order valence-electron chi connectivity index (χ1n) is 18.5. The molecule has 3 aliphatic rings. The van der Waals surface area contributed by atoms with Crippen LogP contribution in [0.3, 0.4) is 0 Å². The molecule has 0 bridgehead atoms. The molecule has 3 amide bonds. The minimum Gasteiger partial charge on any atom is -0.494 e. The molecule has 55 heavy (non-hydrogen) atoms. The molecule has 3 saturated heterocycles. The molecular formula is C39H46ClFN9O4P. The van der Waals surface area contributed by atoms with Crippen LogP contribution in [0.1, 0.15) is 24.8 Å². The van der Waals surface area contributed by atoms with Gasteiger partial charge in [-0.05, 0) is 62.6 Å². The lowest BCUT2D eigenvalue weighted by molar-refractivity contribution is -0.120. The zero-order chi connectivity index (χ0) is 38.7. The normalized spacial score (nSPS) is 17.6. The number of piperazine rings is 1. The summed E-state index contributed by atoms with van der Waals surface area (Å²) in [7, 11) is -0.911.